The predicted molar refractivity (Wildman–Crippen MR) is 70.2 cm³/mol. The number of hydrogen-bond acceptors (Lipinski definition) is 2. The van der Waals surface area contributed by atoms with Gasteiger partial charge in [0, 0.05) is 11.3 Å². The zero-order valence-electron chi connectivity index (χ0n) is 10.8. The van der Waals surface area contributed by atoms with Crippen LogP contribution in [0.25, 0.3) is 5.69 Å². The van der Waals surface area contributed by atoms with Crippen molar-refractivity contribution in [1.29, 1.82) is 0 Å². The maximum absolute atomic E-state index is 14.1. The highest BCUT2D eigenvalue weighted by Gasteiger charge is 2.21. The molecule has 98 valence electrons. The molecule has 2 aromatic rings. The van der Waals surface area contributed by atoms with Crippen LogP contribution in [0.5, 0.6) is 0 Å². The molecule has 1 aromatic carbocycles. The third kappa shape index (κ3) is 1.97. The minimum Gasteiger partial charge on any atom is -0.299 e. The van der Waals surface area contributed by atoms with Crippen molar-refractivity contribution in [3.05, 3.63) is 47.3 Å². The molecule has 1 aliphatic rings. The van der Waals surface area contributed by atoms with Crippen LogP contribution in [0.4, 0.5) is 4.39 Å². The summed E-state index contributed by atoms with van der Waals surface area (Å²) in [5.41, 5.74) is 2.82. The lowest BCUT2D eigenvalue weighted by Gasteiger charge is -2.16. The van der Waals surface area contributed by atoms with Crippen LogP contribution in [-0.2, 0) is 12.8 Å². The van der Waals surface area contributed by atoms with Gasteiger partial charge in [0.15, 0.2) is 5.78 Å². The van der Waals surface area contributed by atoms with Crippen LogP contribution in [0.2, 0.25) is 0 Å². The number of fused-ring (bicyclic) bond motifs is 1. The first-order chi connectivity index (χ1) is 9.18. The van der Waals surface area contributed by atoms with Gasteiger partial charge in [0.2, 0.25) is 0 Å². The van der Waals surface area contributed by atoms with Gasteiger partial charge in [0.05, 0.1) is 17.7 Å². The largest absolute Gasteiger partial charge is 0.299 e. The molecule has 0 N–H and O–H groups in total. The number of rotatable bonds is 2. The predicted octanol–water partition coefficient (Wildman–Crippen LogP) is 3.09. The van der Waals surface area contributed by atoms with E-state index in [1.165, 1.54) is 13.0 Å². The van der Waals surface area contributed by atoms with Gasteiger partial charge in [-0.2, -0.15) is 0 Å². The van der Waals surface area contributed by atoms with E-state index in [-0.39, 0.29) is 11.6 Å². The lowest BCUT2D eigenvalue weighted by atomic mass is 10.0. The molecule has 1 heterocycles. The number of nitrogens with zero attached hydrogens (tertiary/aromatic N) is 2. The fraction of sp³-hybridized carbons (Fsp3) is 0.333. The molecule has 0 atom stereocenters. The summed E-state index contributed by atoms with van der Waals surface area (Å²) >= 11 is 0. The third-order valence-electron chi connectivity index (χ3n) is 3.64. The summed E-state index contributed by atoms with van der Waals surface area (Å²) in [7, 11) is 0. The molecule has 19 heavy (non-hydrogen) atoms. The van der Waals surface area contributed by atoms with Crippen LogP contribution in [0, 0.1) is 5.82 Å². The molecule has 1 aromatic heterocycles. The summed E-state index contributed by atoms with van der Waals surface area (Å²) in [6.45, 7) is 1.46. The number of ketones is 1. The van der Waals surface area contributed by atoms with E-state index in [4.69, 9.17) is 0 Å². The van der Waals surface area contributed by atoms with E-state index in [2.05, 4.69) is 4.98 Å². The maximum atomic E-state index is 14.1. The molecule has 0 bridgehead atoms. The van der Waals surface area contributed by atoms with Crippen molar-refractivity contribution in [2.24, 2.45) is 0 Å². The van der Waals surface area contributed by atoms with E-state index in [0.29, 0.717) is 11.3 Å². The van der Waals surface area contributed by atoms with E-state index in [9.17, 15) is 9.18 Å². The molecule has 0 saturated carbocycles. The number of carbonyl (C=O) groups excluding carboxylic acids is 1. The van der Waals surface area contributed by atoms with Gasteiger partial charge in [-0.25, -0.2) is 9.37 Å². The van der Waals surface area contributed by atoms with Crippen LogP contribution in [0.15, 0.2) is 24.5 Å². The number of aromatic nitrogens is 2. The van der Waals surface area contributed by atoms with Crippen molar-refractivity contribution in [2.45, 2.75) is 32.6 Å². The van der Waals surface area contributed by atoms with Gasteiger partial charge in [-0.15, -0.1) is 0 Å². The summed E-state index contributed by atoms with van der Waals surface area (Å²) in [6.07, 6.45) is 5.68. The average molecular weight is 258 g/mol. The normalized spacial score (nSPS) is 14.2. The fourth-order valence-electron chi connectivity index (χ4n) is 2.71. The van der Waals surface area contributed by atoms with E-state index in [0.717, 1.165) is 37.1 Å². The molecular weight excluding hydrogens is 243 g/mol. The minimum absolute atomic E-state index is 0.132. The van der Waals surface area contributed by atoms with Crippen LogP contribution in [0.1, 0.15) is 41.5 Å². The Morgan fingerprint density at radius 2 is 2.11 bits per heavy atom. The van der Waals surface area contributed by atoms with Crippen molar-refractivity contribution >= 4 is 5.78 Å². The second kappa shape index (κ2) is 4.61. The Hall–Kier alpha value is -1.97. The van der Waals surface area contributed by atoms with Gasteiger partial charge in [-0.3, -0.25) is 9.36 Å². The first-order valence-electron chi connectivity index (χ1n) is 6.53. The molecular formula is C15H15FN2O. The second-order valence-electron chi connectivity index (χ2n) is 4.91. The number of imidazole rings is 1. The van der Waals surface area contributed by atoms with Crippen molar-refractivity contribution in [1.82, 2.24) is 9.55 Å². The molecule has 3 nitrogen and oxygen atoms in total. The molecule has 3 rings (SSSR count). The summed E-state index contributed by atoms with van der Waals surface area (Å²) in [5, 5.41) is 0. The number of carbonyl (C=O) groups is 1. The molecule has 4 heteroatoms. The Bertz CT molecular complexity index is 646. The number of halogens is 1. The second-order valence-corrected chi connectivity index (χ2v) is 4.91. The van der Waals surface area contributed by atoms with Gasteiger partial charge < -0.3 is 0 Å². The summed E-state index contributed by atoms with van der Waals surface area (Å²) < 4.78 is 15.9. The monoisotopic (exact) mass is 258 g/mol. The number of benzene rings is 1. The number of hydrogen-bond donors (Lipinski definition) is 0. The Balaban J connectivity index is 2.22. The Kier molecular flexibility index (Phi) is 2.93. The zero-order valence-corrected chi connectivity index (χ0v) is 10.8. The lowest BCUT2D eigenvalue weighted by Crippen LogP contribution is -2.11. The van der Waals surface area contributed by atoms with E-state index in [1.807, 2.05) is 0 Å². The number of aryl methyl sites for hydroxylation is 1. The van der Waals surface area contributed by atoms with Crippen molar-refractivity contribution < 1.29 is 9.18 Å². The highest BCUT2D eigenvalue weighted by Crippen LogP contribution is 2.26. The van der Waals surface area contributed by atoms with Crippen LogP contribution < -0.4 is 0 Å². The zero-order chi connectivity index (χ0) is 13.4. The Morgan fingerprint density at radius 3 is 2.89 bits per heavy atom. The average Bonchev–Trinajstić information content (AvgIpc) is 2.82. The molecule has 0 amide bonds. The van der Waals surface area contributed by atoms with E-state index >= 15 is 0 Å². The van der Waals surface area contributed by atoms with E-state index < -0.39 is 0 Å². The van der Waals surface area contributed by atoms with Gasteiger partial charge in [-0.05, 0) is 44.7 Å². The molecule has 0 saturated heterocycles. The molecule has 0 fully saturated rings. The third-order valence-corrected chi connectivity index (χ3v) is 3.64. The van der Waals surface area contributed by atoms with Crippen molar-refractivity contribution in [3.63, 3.8) is 0 Å². The maximum Gasteiger partial charge on any atom is 0.162 e. The molecule has 0 radical (unpaired) electrons. The standard InChI is InChI=1S/C15H15FN2O/c1-10(19)11-5-4-6-12(16)15(11)18-9-17-13-7-2-3-8-14(13)18/h4-6,9H,2-3,7-8H2,1H3. The molecule has 0 aliphatic heterocycles. The highest BCUT2D eigenvalue weighted by atomic mass is 19.1. The van der Waals surface area contributed by atoms with Gasteiger partial charge in [0.25, 0.3) is 0 Å². The van der Waals surface area contributed by atoms with E-state index in [1.54, 1.807) is 23.0 Å². The summed E-state index contributed by atoms with van der Waals surface area (Å²) in [4.78, 5) is 16.0. The Morgan fingerprint density at radius 1 is 1.32 bits per heavy atom. The summed E-state index contributed by atoms with van der Waals surface area (Å²) in [5.74, 6) is -0.508. The smallest absolute Gasteiger partial charge is 0.162 e. The van der Waals surface area contributed by atoms with Crippen LogP contribution in [-0.4, -0.2) is 15.3 Å². The number of Topliss-reactive ketones (excluding diaryl/α,β-unsaturated/α-hetero) is 1. The summed E-state index contributed by atoms with van der Waals surface area (Å²) in [6, 6.07) is 4.62. The topological polar surface area (TPSA) is 34.9 Å². The number of para-hydroxylation sites is 1. The quantitative estimate of drug-likeness (QED) is 0.776. The van der Waals surface area contributed by atoms with Gasteiger partial charge in [-0.1, -0.05) is 6.07 Å². The van der Waals surface area contributed by atoms with Gasteiger partial charge >= 0.3 is 0 Å². The van der Waals surface area contributed by atoms with Crippen LogP contribution in [0.3, 0.4) is 0 Å². The van der Waals surface area contributed by atoms with Gasteiger partial charge in [0.1, 0.15) is 5.82 Å². The highest BCUT2D eigenvalue weighted by molar-refractivity contribution is 5.97. The van der Waals surface area contributed by atoms with Crippen LogP contribution >= 0.6 is 0 Å². The molecule has 0 unspecified atom stereocenters. The Labute approximate surface area is 111 Å². The molecule has 1 aliphatic carbocycles. The first-order valence-corrected chi connectivity index (χ1v) is 6.53. The fourth-order valence-corrected chi connectivity index (χ4v) is 2.71. The minimum atomic E-state index is -0.376. The lowest BCUT2D eigenvalue weighted by molar-refractivity contribution is 0.101. The van der Waals surface area contributed by atoms with Crippen molar-refractivity contribution in [2.75, 3.05) is 0 Å². The first kappa shape index (κ1) is 12.1. The van der Waals surface area contributed by atoms with Crippen molar-refractivity contribution in [3.8, 4) is 5.69 Å². The SMILES string of the molecule is CC(=O)c1cccc(F)c1-n1cnc2c1CCCC2. The molecule has 0 spiro atoms.